The molecule has 0 atom stereocenters. The summed E-state index contributed by atoms with van der Waals surface area (Å²) in [6, 6.07) is 0.288. The van der Waals surface area contributed by atoms with Gasteiger partial charge in [-0.2, -0.15) is 0 Å². The molecule has 0 aromatic rings. The number of carbonyl (C=O) groups is 1. The molecule has 1 heterocycles. The molecule has 1 rings (SSSR count). The molecule has 0 saturated carbocycles. The molecule has 0 spiro atoms. The van der Waals surface area contributed by atoms with Crippen molar-refractivity contribution in [2.75, 3.05) is 33.2 Å². The van der Waals surface area contributed by atoms with Gasteiger partial charge in [0.2, 0.25) is 5.91 Å². The van der Waals surface area contributed by atoms with Gasteiger partial charge in [0.1, 0.15) is 0 Å². The van der Waals surface area contributed by atoms with E-state index in [1.807, 2.05) is 11.9 Å². The van der Waals surface area contributed by atoms with Gasteiger partial charge in [-0.3, -0.25) is 9.69 Å². The lowest BCUT2D eigenvalue weighted by Gasteiger charge is -2.34. The molecule has 20 heavy (non-hydrogen) atoms. The van der Waals surface area contributed by atoms with Crippen molar-refractivity contribution in [3.8, 4) is 0 Å². The lowest BCUT2D eigenvalue weighted by atomic mass is 9.95. The van der Waals surface area contributed by atoms with Crippen LogP contribution in [0.2, 0.25) is 0 Å². The van der Waals surface area contributed by atoms with E-state index < -0.39 is 0 Å². The summed E-state index contributed by atoms with van der Waals surface area (Å²) in [6.07, 6.45) is 2.39. The Labute approximate surface area is 124 Å². The molecule has 1 aliphatic heterocycles. The maximum absolute atomic E-state index is 12.1. The number of nitrogens with zero attached hydrogens (tertiary/aromatic N) is 2. The maximum atomic E-state index is 12.1. The Morgan fingerprint density at radius 3 is 2.30 bits per heavy atom. The maximum Gasteiger partial charge on any atom is 0.236 e. The fraction of sp³-hybridized carbons (Fsp3) is 0.938. The first-order valence-electron chi connectivity index (χ1n) is 7.92. The lowest BCUT2D eigenvalue weighted by molar-refractivity contribution is -0.132. The first-order chi connectivity index (χ1) is 9.19. The second-order valence-corrected chi connectivity index (χ2v) is 7.45. The smallest absolute Gasteiger partial charge is 0.236 e. The standard InChI is InChI=1S/C16H33N3O/c1-13(2)18(6)15(20)12-19-9-7-14(8-10-19)11-17-16(3,4)5/h13-14,17H,7-12H2,1-6H3. The molecule has 0 bridgehead atoms. The SMILES string of the molecule is CC(C)N(C)C(=O)CN1CCC(CNC(C)(C)C)CC1. The monoisotopic (exact) mass is 283 g/mol. The molecule has 1 aliphatic rings. The Bertz CT molecular complexity index is 301. The van der Waals surface area contributed by atoms with Crippen molar-refractivity contribution >= 4 is 5.91 Å². The van der Waals surface area contributed by atoms with Crippen molar-refractivity contribution in [3.63, 3.8) is 0 Å². The minimum absolute atomic E-state index is 0.201. The summed E-state index contributed by atoms with van der Waals surface area (Å²) in [5, 5.41) is 3.59. The summed E-state index contributed by atoms with van der Waals surface area (Å²) in [5.41, 5.74) is 0.201. The highest BCUT2D eigenvalue weighted by Crippen LogP contribution is 2.17. The topological polar surface area (TPSA) is 35.6 Å². The van der Waals surface area contributed by atoms with Gasteiger partial charge in [-0.25, -0.2) is 0 Å². The van der Waals surface area contributed by atoms with Crippen LogP contribution in [0, 0.1) is 5.92 Å². The number of amides is 1. The zero-order chi connectivity index (χ0) is 15.3. The second kappa shape index (κ2) is 7.41. The molecule has 0 aromatic carbocycles. The van der Waals surface area contributed by atoms with E-state index in [-0.39, 0.29) is 17.5 Å². The van der Waals surface area contributed by atoms with Gasteiger partial charge in [0.15, 0.2) is 0 Å². The van der Waals surface area contributed by atoms with Gasteiger partial charge in [-0.15, -0.1) is 0 Å². The largest absolute Gasteiger partial charge is 0.342 e. The van der Waals surface area contributed by atoms with Crippen LogP contribution in [0.15, 0.2) is 0 Å². The average Bonchev–Trinajstić information content (AvgIpc) is 2.36. The fourth-order valence-corrected chi connectivity index (χ4v) is 2.39. The molecule has 0 aliphatic carbocycles. The van der Waals surface area contributed by atoms with Crippen molar-refractivity contribution in [2.45, 2.75) is 59.0 Å². The molecular weight excluding hydrogens is 250 g/mol. The average molecular weight is 283 g/mol. The number of nitrogens with one attached hydrogen (secondary N) is 1. The van der Waals surface area contributed by atoms with Crippen molar-refractivity contribution in [3.05, 3.63) is 0 Å². The third-order valence-electron chi connectivity index (χ3n) is 4.16. The summed E-state index contributed by atoms with van der Waals surface area (Å²) < 4.78 is 0. The molecule has 0 unspecified atom stereocenters. The van der Waals surface area contributed by atoms with Crippen LogP contribution in [0.1, 0.15) is 47.5 Å². The van der Waals surface area contributed by atoms with Crippen LogP contribution in [0.5, 0.6) is 0 Å². The van der Waals surface area contributed by atoms with Gasteiger partial charge >= 0.3 is 0 Å². The Morgan fingerprint density at radius 1 is 1.30 bits per heavy atom. The van der Waals surface area contributed by atoms with Gasteiger partial charge in [0, 0.05) is 18.6 Å². The molecule has 1 N–H and O–H groups in total. The number of hydrogen-bond donors (Lipinski definition) is 1. The van der Waals surface area contributed by atoms with E-state index in [1.165, 1.54) is 12.8 Å². The molecule has 1 amide bonds. The summed E-state index contributed by atoms with van der Waals surface area (Å²) >= 11 is 0. The Balaban J connectivity index is 2.27. The number of likely N-dealkylation sites (N-methyl/N-ethyl adjacent to an activating group) is 1. The summed E-state index contributed by atoms with van der Waals surface area (Å²) in [7, 11) is 1.90. The summed E-state index contributed by atoms with van der Waals surface area (Å²) in [6.45, 7) is 14.5. The van der Waals surface area contributed by atoms with E-state index >= 15 is 0 Å². The van der Waals surface area contributed by atoms with Crippen LogP contribution in [0.25, 0.3) is 0 Å². The third-order valence-corrected chi connectivity index (χ3v) is 4.16. The zero-order valence-corrected chi connectivity index (χ0v) is 14.2. The molecule has 1 saturated heterocycles. The van der Waals surface area contributed by atoms with Crippen LogP contribution >= 0.6 is 0 Å². The highest BCUT2D eigenvalue weighted by Gasteiger charge is 2.23. The van der Waals surface area contributed by atoms with E-state index in [4.69, 9.17) is 0 Å². The van der Waals surface area contributed by atoms with E-state index in [2.05, 4.69) is 44.8 Å². The van der Waals surface area contributed by atoms with Gasteiger partial charge in [-0.05, 0) is 73.0 Å². The molecule has 4 heteroatoms. The quantitative estimate of drug-likeness (QED) is 0.838. The molecule has 0 radical (unpaired) electrons. The zero-order valence-electron chi connectivity index (χ0n) is 14.2. The van der Waals surface area contributed by atoms with Crippen LogP contribution in [-0.4, -0.2) is 60.5 Å². The minimum Gasteiger partial charge on any atom is -0.342 e. The molecule has 1 fully saturated rings. The number of rotatable bonds is 5. The van der Waals surface area contributed by atoms with Crippen molar-refractivity contribution in [1.29, 1.82) is 0 Å². The Hall–Kier alpha value is -0.610. The van der Waals surface area contributed by atoms with Gasteiger partial charge in [-0.1, -0.05) is 0 Å². The van der Waals surface area contributed by atoms with Crippen molar-refractivity contribution < 1.29 is 4.79 Å². The highest BCUT2D eigenvalue weighted by molar-refractivity contribution is 5.78. The molecule has 118 valence electrons. The van der Waals surface area contributed by atoms with E-state index in [1.54, 1.807) is 0 Å². The van der Waals surface area contributed by atoms with E-state index in [9.17, 15) is 4.79 Å². The Kier molecular flexibility index (Phi) is 6.46. The fourth-order valence-electron chi connectivity index (χ4n) is 2.39. The van der Waals surface area contributed by atoms with Gasteiger partial charge in [0.05, 0.1) is 6.54 Å². The van der Waals surface area contributed by atoms with Crippen LogP contribution < -0.4 is 5.32 Å². The van der Waals surface area contributed by atoms with E-state index in [0.29, 0.717) is 6.54 Å². The molecular formula is C16H33N3O. The van der Waals surface area contributed by atoms with Crippen LogP contribution in [0.3, 0.4) is 0 Å². The highest BCUT2D eigenvalue weighted by atomic mass is 16.2. The van der Waals surface area contributed by atoms with E-state index in [0.717, 1.165) is 25.6 Å². The number of likely N-dealkylation sites (tertiary alicyclic amines) is 1. The number of carbonyl (C=O) groups excluding carboxylic acids is 1. The van der Waals surface area contributed by atoms with Crippen LogP contribution in [0.4, 0.5) is 0 Å². The predicted octanol–water partition coefficient (Wildman–Crippen LogP) is 1.95. The number of piperidine rings is 1. The Morgan fingerprint density at radius 2 is 1.85 bits per heavy atom. The van der Waals surface area contributed by atoms with Crippen LogP contribution in [-0.2, 0) is 4.79 Å². The summed E-state index contributed by atoms with van der Waals surface area (Å²) in [4.78, 5) is 16.2. The lowest BCUT2D eigenvalue weighted by Crippen LogP contribution is -2.46. The first kappa shape index (κ1) is 17.4. The molecule has 4 nitrogen and oxygen atoms in total. The third kappa shape index (κ3) is 6.23. The minimum atomic E-state index is 0.201. The van der Waals surface area contributed by atoms with Crippen molar-refractivity contribution in [2.24, 2.45) is 5.92 Å². The molecule has 0 aromatic heterocycles. The first-order valence-corrected chi connectivity index (χ1v) is 7.92. The van der Waals surface area contributed by atoms with Gasteiger partial charge < -0.3 is 10.2 Å². The number of hydrogen-bond acceptors (Lipinski definition) is 3. The van der Waals surface area contributed by atoms with Crippen molar-refractivity contribution in [1.82, 2.24) is 15.1 Å². The predicted molar refractivity (Wildman–Crippen MR) is 84.8 cm³/mol. The van der Waals surface area contributed by atoms with Gasteiger partial charge in [0.25, 0.3) is 0 Å². The summed E-state index contributed by atoms with van der Waals surface area (Å²) in [5.74, 6) is 0.995. The second-order valence-electron chi connectivity index (χ2n) is 7.45. The normalized spacial score (nSPS) is 18.6.